The summed E-state index contributed by atoms with van der Waals surface area (Å²) in [5.41, 5.74) is 0. The van der Waals surface area contributed by atoms with E-state index in [-0.39, 0.29) is 12.4 Å². The van der Waals surface area contributed by atoms with Gasteiger partial charge < -0.3 is 5.32 Å². The molecule has 1 N–H and O–H groups in total. The Bertz CT molecular complexity index is 138. The molecule has 2 rings (SSSR count). The van der Waals surface area contributed by atoms with E-state index in [4.69, 9.17) is 0 Å². The van der Waals surface area contributed by atoms with Crippen LogP contribution in [0.3, 0.4) is 0 Å². The minimum atomic E-state index is 0. The van der Waals surface area contributed by atoms with Crippen LogP contribution >= 0.6 is 12.4 Å². The third-order valence-corrected chi connectivity index (χ3v) is 3.49. The van der Waals surface area contributed by atoms with Crippen molar-refractivity contribution in [3.05, 3.63) is 0 Å². The summed E-state index contributed by atoms with van der Waals surface area (Å²) >= 11 is 0. The van der Waals surface area contributed by atoms with E-state index in [2.05, 4.69) is 10.2 Å². The van der Waals surface area contributed by atoms with Crippen LogP contribution in [0, 0.1) is 0 Å². The molecule has 84 valence electrons. The first-order chi connectivity index (χ1) is 6.47. The molecule has 0 spiro atoms. The largest absolute Gasteiger partial charge is 0.314 e. The van der Waals surface area contributed by atoms with Crippen molar-refractivity contribution in [3.63, 3.8) is 0 Å². The summed E-state index contributed by atoms with van der Waals surface area (Å²) in [6.07, 6.45) is 8.80. The van der Waals surface area contributed by atoms with Gasteiger partial charge in [-0.2, -0.15) is 0 Å². The van der Waals surface area contributed by atoms with Crippen LogP contribution in [-0.2, 0) is 0 Å². The fourth-order valence-corrected chi connectivity index (χ4v) is 2.67. The molecule has 1 aliphatic heterocycles. The molecule has 0 aromatic rings. The van der Waals surface area contributed by atoms with Gasteiger partial charge >= 0.3 is 0 Å². The molecule has 0 atom stereocenters. The normalized spacial score (nSPS) is 26.6. The summed E-state index contributed by atoms with van der Waals surface area (Å²) in [6.45, 7) is 4.97. The SMILES string of the molecule is C1CCCC(N2CCNCC2)CC1.Cl. The second-order valence-corrected chi connectivity index (χ2v) is 4.43. The number of rotatable bonds is 1. The first-order valence-corrected chi connectivity index (χ1v) is 5.91. The highest BCUT2D eigenvalue weighted by Gasteiger charge is 2.20. The maximum atomic E-state index is 3.43. The lowest BCUT2D eigenvalue weighted by Crippen LogP contribution is -2.48. The molecule has 0 amide bonds. The van der Waals surface area contributed by atoms with Crippen LogP contribution in [0.4, 0.5) is 0 Å². The van der Waals surface area contributed by atoms with Gasteiger partial charge in [-0.05, 0) is 12.8 Å². The minimum absolute atomic E-state index is 0. The Morgan fingerprint density at radius 2 is 1.43 bits per heavy atom. The summed E-state index contributed by atoms with van der Waals surface area (Å²) in [5.74, 6) is 0. The molecule has 1 aliphatic carbocycles. The van der Waals surface area contributed by atoms with Crippen LogP contribution in [0.25, 0.3) is 0 Å². The van der Waals surface area contributed by atoms with Crippen LogP contribution in [-0.4, -0.2) is 37.1 Å². The Labute approximate surface area is 93.8 Å². The molecule has 1 heterocycles. The predicted molar refractivity (Wildman–Crippen MR) is 63.2 cm³/mol. The van der Waals surface area contributed by atoms with E-state index < -0.39 is 0 Å². The van der Waals surface area contributed by atoms with E-state index in [9.17, 15) is 0 Å². The molecule has 3 heteroatoms. The minimum Gasteiger partial charge on any atom is -0.314 e. The number of hydrogen-bond donors (Lipinski definition) is 1. The van der Waals surface area contributed by atoms with E-state index in [0.29, 0.717) is 0 Å². The molecule has 2 nitrogen and oxygen atoms in total. The van der Waals surface area contributed by atoms with Crippen LogP contribution in [0.15, 0.2) is 0 Å². The third-order valence-electron chi connectivity index (χ3n) is 3.49. The smallest absolute Gasteiger partial charge is 0.0110 e. The summed E-state index contributed by atoms with van der Waals surface area (Å²) in [7, 11) is 0. The summed E-state index contributed by atoms with van der Waals surface area (Å²) in [6, 6.07) is 0.921. The van der Waals surface area contributed by atoms with E-state index in [1.165, 1.54) is 64.7 Å². The fourth-order valence-electron chi connectivity index (χ4n) is 2.67. The Balaban J connectivity index is 0.000000980. The second kappa shape index (κ2) is 6.65. The summed E-state index contributed by atoms with van der Waals surface area (Å²) < 4.78 is 0. The Hall–Kier alpha value is 0.210. The zero-order valence-electron chi connectivity index (χ0n) is 9.00. The number of piperazine rings is 1. The standard InChI is InChI=1S/C11H22N2.ClH/c1-2-4-6-11(5-3-1)13-9-7-12-8-10-13;/h11-12H,1-10H2;1H. The van der Waals surface area contributed by atoms with E-state index >= 15 is 0 Å². The average Bonchev–Trinajstić information content (AvgIpc) is 2.47. The molecule has 14 heavy (non-hydrogen) atoms. The van der Waals surface area contributed by atoms with Gasteiger partial charge in [0.05, 0.1) is 0 Å². The highest BCUT2D eigenvalue weighted by molar-refractivity contribution is 5.85. The van der Waals surface area contributed by atoms with Crippen molar-refractivity contribution in [2.45, 2.75) is 44.6 Å². The lowest BCUT2D eigenvalue weighted by Gasteiger charge is -2.34. The van der Waals surface area contributed by atoms with Crippen molar-refractivity contribution >= 4 is 12.4 Å². The zero-order chi connectivity index (χ0) is 8.93. The highest BCUT2D eigenvalue weighted by Crippen LogP contribution is 2.21. The lowest BCUT2D eigenvalue weighted by atomic mass is 10.1. The molecule has 0 aromatic carbocycles. The van der Waals surface area contributed by atoms with Gasteiger partial charge in [0, 0.05) is 32.2 Å². The fraction of sp³-hybridized carbons (Fsp3) is 1.00. The summed E-state index contributed by atoms with van der Waals surface area (Å²) in [5, 5.41) is 3.43. The second-order valence-electron chi connectivity index (χ2n) is 4.43. The molecule has 0 bridgehead atoms. The quantitative estimate of drug-likeness (QED) is 0.678. The van der Waals surface area contributed by atoms with Gasteiger partial charge in [-0.15, -0.1) is 12.4 Å². The van der Waals surface area contributed by atoms with Crippen LogP contribution < -0.4 is 5.32 Å². The van der Waals surface area contributed by atoms with Gasteiger partial charge in [-0.3, -0.25) is 4.90 Å². The van der Waals surface area contributed by atoms with Crippen LogP contribution in [0.1, 0.15) is 38.5 Å². The van der Waals surface area contributed by atoms with Crippen molar-refractivity contribution in [2.75, 3.05) is 26.2 Å². The van der Waals surface area contributed by atoms with Gasteiger partial charge in [0.25, 0.3) is 0 Å². The first-order valence-electron chi connectivity index (χ1n) is 5.91. The van der Waals surface area contributed by atoms with Gasteiger partial charge in [0.15, 0.2) is 0 Å². The van der Waals surface area contributed by atoms with Crippen LogP contribution in [0.2, 0.25) is 0 Å². The molecule has 2 aliphatic rings. The molecule has 0 unspecified atom stereocenters. The predicted octanol–water partition coefficient (Wildman–Crippen LogP) is 2.04. The van der Waals surface area contributed by atoms with E-state index in [0.717, 1.165) is 6.04 Å². The molecule has 1 saturated heterocycles. The number of hydrogen-bond acceptors (Lipinski definition) is 2. The van der Waals surface area contributed by atoms with E-state index in [1.54, 1.807) is 0 Å². The van der Waals surface area contributed by atoms with E-state index in [1.807, 2.05) is 0 Å². The number of nitrogens with zero attached hydrogens (tertiary/aromatic N) is 1. The number of halogens is 1. The maximum absolute atomic E-state index is 3.43. The van der Waals surface area contributed by atoms with Crippen molar-refractivity contribution < 1.29 is 0 Å². The molecule has 0 aromatic heterocycles. The third kappa shape index (κ3) is 3.41. The van der Waals surface area contributed by atoms with Crippen molar-refractivity contribution in [1.29, 1.82) is 0 Å². The van der Waals surface area contributed by atoms with Crippen molar-refractivity contribution in [1.82, 2.24) is 10.2 Å². The highest BCUT2D eigenvalue weighted by atomic mass is 35.5. The average molecular weight is 219 g/mol. The Kier molecular flexibility index (Phi) is 5.83. The molecule has 2 fully saturated rings. The molecular formula is C11H23ClN2. The van der Waals surface area contributed by atoms with Gasteiger partial charge in [0.1, 0.15) is 0 Å². The summed E-state index contributed by atoms with van der Waals surface area (Å²) in [4.78, 5) is 2.71. The Morgan fingerprint density at radius 1 is 0.857 bits per heavy atom. The molecule has 1 saturated carbocycles. The maximum Gasteiger partial charge on any atom is 0.0110 e. The van der Waals surface area contributed by atoms with Crippen LogP contribution in [0.5, 0.6) is 0 Å². The Morgan fingerprint density at radius 3 is 2.00 bits per heavy atom. The van der Waals surface area contributed by atoms with Gasteiger partial charge in [0.2, 0.25) is 0 Å². The first kappa shape index (κ1) is 12.3. The molecular weight excluding hydrogens is 196 g/mol. The number of nitrogens with one attached hydrogen (secondary N) is 1. The lowest BCUT2D eigenvalue weighted by molar-refractivity contribution is 0.158. The van der Waals surface area contributed by atoms with Crippen molar-refractivity contribution in [3.8, 4) is 0 Å². The monoisotopic (exact) mass is 218 g/mol. The topological polar surface area (TPSA) is 15.3 Å². The van der Waals surface area contributed by atoms with Gasteiger partial charge in [-0.25, -0.2) is 0 Å². The van der Waals surface area contributed by atoms with Crippen molar-refractivity contribution in [2.24, 2.45) is 0 Å². The molecule has 0 radical (unpaired) electrons. The van der Waals surface area contributed by atoms with Gasteiger partial charge in [-0.1, -0.05) is 25.7 Å². The zero-order valence-corrected chi connectivity index (χ0v) is 9.82.